The molecule has 0 unspecified atom stereocenters. The smallest absolute Gasteiger partial charge is 0.323 e. The minimum Gasteiger partial charge on any atom is -0.480 e. The lowest BCUT2D eigenvalue weighted by Gasteiger charge is -2.07. The number of fused-ring (bicyclic) bond motifs is 1. The molecule has 2 atom stereocenters. The molecule has 1 aromatic heterocycles. The van der Waals surface area contributed by atoms with Crippen molar-refractivity contribution in [1.82, 2.24) is 10.5 Å². The first-order chi connectivity index (χ1) is 13.4. The van der Waals surface area contributed by atoms with Gasteiger partial charge in [0.15, 0.2) is 0 Å². The van der Waals surface area contributed by atoms with Crippen LogP contribution in [0.5, 0.6) is 0 Å². The Morgan fingerprint density at radius 2 is 1.64 bits per heavy atom. The molecule has 0 saturated carbocycles. The van der Waals surface area contributed by atoms with Gasteiger partial charge < -0.3 is 20.9 Å². The molecule has 0 bridgehead atoms. The van der Waals surface area contributed by atoms with Gasteiger partial charge in [0, 0.05) is 29.9 Å². The summed E-state index contributed by atoms with van der Waals surface area (Å²) >= 11 is 0. The average Bonchev–Trinajstić information content (AvgIpc) is 3.10. The van der Waals surface area contributed by atoms with Crippen LogP contribution in [0.15, 0.2) is 60.8 Å². The molecule has 0 aliphatic heterocycles. The lowest BCUT2D eigenvalue weighted by Crippen LogP contribution is -2.33. The van der Waals surface area contributed by atoms with Crippen molar-refractivity contribution in [1.29, 1.82) is 0 Å². The third-order valence-electron chi connectivity index (χ3n) is 4.14. The lowest BCUT2D eigenvalue weighted by atomic mass is 10.1. The van der Waals surface area contributed by atoms with Gasteiger partial charge >= 0.3 is 11.9 Å². The van der Waals surface area contributed by atoms with Crippen LogP contribution in [-0.4, -0.2) is 39.2 Å². The van der Waals surface area contributed by atoms with E-state index in [0.29, 0.717) is 6.42 Å². The maximum atomic E-state index is 12.0. The number of para-hydroxylation sites is 1. The fourth-order valence-corrected chi connectivity index (χ4v) is 2.65. The van der Waals surface area contributed by atoms with Gasteiger partial charge in [0.05, 0.1) is 0 Å². The molecular formula is C20H22FN3O4. The summed E-state index contributed by atoms with van der Waals surface area (Å²) in [5, 5.41) is 18.3. The van der Waals surface area contributed by atoms with Gasteiger partial charge in [-0.2, -0.15) is 0 Å². The fourth-order valence-electron chi connectivity index (χ4n) is 2.65. The Labute approximate surface area is 160 Å². The van der Waals surface area contributed by atoms with Gasteiger partial charge in [-0.1, -0.05) is 48.5 Å². The molecule has 8 heteroatoms. The van der Waals surface area contributed by atoms with E-state index in [4.69, 9.17) is 15.9 Å². The average molecular weight is 387 g/mol. The van der Waals surface area contributed by atoms with Crippen LogP contribution in [-0.2, 0) is 22.4 Å². The largest absolute Gasteiger partial charge is 0.480 e. The van der Waals surface area contributed by atoms with Crippen molar-refractivity contribution in [2.45, 2.75) is 24.9 Å². The summed E-state index contributed by atoms with van der Waals surface area (Å²) < 4.78 is 12.0. The highest BCUT2D eigenvalue weighted by Crippen LogP contribution is 2.18. The summed E-state index contributed by atoms with van der Waals surface area (Å²) in [7, 11) is 0. The van der Waals surface area contributed by atoms with Crippen LogP contribution < -0.4 is 11.3 Å². The predicted octanol–water partition coefficient (Wildman–Crippen LogP) is 2.28. The normalized spacial score (nSPS) is 12.6. The molecule has 1 heterocycles. The number of carbonyl (C=O) groups is 2. The summed E-state index contributed by atoms with van der Waals surface area (Å²) in [4.78, 5) is 24.1. The van der Waals surface area contributed by atoms with Gasteiger partial charge in [-0.25, -0.2) is 0 Å². The number of aromatic amines is 1. The van der Waals surface area contributed by atoms with Crippen molar-refractivity contribution in [2.75, 3.05) is 0 Å². The minimum absolute atomic E-state index is 0.146. The summed E-state index contributed by atoms with van der Waals surface area (Å²) in [6.45, 7) is 0. The molecule has 3 rings (SSSR count). The molecule has 7 nitrogen and oxygen atoms in total. The highest BCUT2D eigenvalue weighted by molar-refractivity contribution is 5.84. The van der Waals surface area contributed by atoms with Gasteiger partial charge in [0.25, 0.3) is 0 Å². The highest BCUT2D eigenvalue weighted by atomic mass is 19.2. The Bertz CT molecular complexity index is 914. The number of carboxylic acid groups (broad SMARTS) is 2. The standard InChI is InChI=1S/C11H12N2O2.C9H10FNO2/c12-9(11(14)15)5-7-6-13-10-4-2-1-3-8(7)10;10-11-8(9(12)13)6-7-4-2-1-3-5-7/h1-4,6,9,13H,5,12H2,(H,14,15);1-5,8,11H,6H2,(H,12,13)/t9-;8-/m00/s1. The van der Waals surface area contributed by atoms with E-state index in [0.717, 1.165) is 22.0 Å². The van der Waals surface area contributed by atoms with Gasteiger partial charge in [-0.05, 0) is 17.2 Å². The molecule has 0 amide bonds. The zero-order valence-electron chi connectivity index (χ0n) is 15.0. The molecule has 0 saturated heterocycles. The quantitative estimate of drug-likeness (QED) is 0.396. The van der Waals surface area contributed by atoms with Gasteiger partial charge in [-0.3, -0.25) is 9.59 Å². The number of aliphatic carboxylic acids is 2. The molecule has 2 aromatic carbocycles. The SMILES string of the molecule is N[C@@H](Cc1c[nH]c2ccccc12)C(=O)O.O=C(O)[C@H](Cc1ccccc1)NF. The number of aromatic nitrogens is 1. The first-order valence-electron chi connectivity index (χ1n) is 8.58. The predicted molar refractivity (Wildman–Crippen MR) is 103 cm³/mol. The highest BCUT2D eigenvalue weighted by Gasteiger charge is 2.17. The van der Waals surface area contributed by atoms with Crippen LogP contribution in [0.3, 0.4) is 0 Å². The fraction of sp³-hybridized carbons (Fsp3) is 0.200. The minimum atomic E-state index is -1.19. The molecule has 28 heavy (non-hydrogen) atoms. The monoisotopic (exact) mass is 387 g/mol. The number of H-pyrrole nitrogens is 1. The number of carboxylic acids is 2. The molecule has 6 N–H and O–H groups in total. The Morgan fingerprint density at radius 3 is 2.25 bits per heavy atom. The molecule has 0 aliphatic rings. The van der Waals surface area contributed by atoms with Crippen molar-refractivity contribution in [3.8, 4) is 0 Å². The van der Waals surface area contributed by atoms with Crippen molar-refractivity contribution < 1.29 is 24.3 Å². The number of halogens is 1. The second kappa shape index (κ2) is 10.2. The number of hydrogen-bond acceptors (Lipinski definition) is 4. The summed E-state index contributed by atoms with van der Waals surface area (Å²) in [5.41, 5.74) is 9.48. The topological polar surface area (TPSA) is 128 Å². The number of nitrogens with two attached hydrogens (primary N) is 1. The zero-order chi connectivity index (χ0) is 20.5. The van der Waals surface area contributed by atoms with Gasteiger partial charge in [-0.15, -0.1) is 10.0 Å². The van der Waals surface area contributed by atoms with E-state index in [-0.39, 0.29) is 6.42 Å². The molecule has 3 aromatic rings. The van der Waals surface area contributed by atoms with Crippen molar-refractivity contribution >= 4 is 22.8 Å². The van der Waals surface area contributed by atoms with E-state index in [2.05, 4.69) is 4.98 Å². The van der Waals surface area contributed by atoms with E-state index in [1.807, 2.05) is 36.5 Å². The second-order valence-electron chi connectivity index (χ2n) is 6.20. The summed E-state index contributed by atoms with van der Waals surface area (Å²) in [5.74, 6) is -2.16. The lowest BCUT2D eigenvalue weighted by molar-refractivity contribution is -0.141. The van der Waals surface area contributed by atoms with Crippen LogP contribution in [0.2, 0.25) is 0 Å². The molecule has 0 fully saturated rings. The van der Waals surface area contributed by atoms with Crippen LogP contribution in [0.25, 0.3) is 10.9 Å². The third-order valence-corrected chi connectivity index (χ3v) is 4.14. The maximum Gasteiger partial charge on any atom is 0.323 e. The Morgan fingerprint density at radius 1 is 1.00 bits per heavy atom. The third kappa shape index (κ3) is 5.90. The van der Waals surface area contributed by atoms with Crippen molar-refractivity contribution in [3.63, 3.8) is 0 Å². The number of rotatable bonds is 7. The molecule has 0 radical (unpaired) electrons. The first kappa shape index (κ1) is 21.1. The Kier molecular flexibility index (Phi) is 7.67. The van der Waals surface area contributed by atoms with Crippen LogP contribution in [0.1, 0.15) is 11.1 Å². The van der Waals surface area contributed by atoms with Crippen LogP contribution >= 0.6 is 0 Å². The van der Waals surface area contributed by atoms with E-state index in [1.165, 1.54) is 5.54 Å². The van der Waals surface area contributed by atoms with Crippen LogP contribution in [0.4, 0.5) is 4.48 Å². The Balaban J connectivity index is 0.000000203. The number of nitrogens with one attached hydrogen (secondary N) is 2. The number of benzene rings is 2. The van der Waals surface area contributed by atoms with Gasteiger partial charge in [0.1, 0.15) is 12.1 Å². The van der Waals surface area contributed by atoms with E-state index < -0.39 is 24.0 Å². The van der Waals surface area contributed by atoms with E-state index >= 15 is 0 Å². The summed E-state index contributed by atoms with van der Waals surface area (Å²) in [6, 6.07) is 14.7. The Hall–Kier alpha value is -3.23. The second-order valence-corrected chi connectivity index (χ2v) is 6.20. The molecule has 148 valence electrons. The zero-order valence-corrected chi connectivity index (χ0v) is 15.0. The molecular weight excluding hydrogens is 365 g/mol. The summed E-state index contributed by atoms with van der Waals surface area (Å²) in [6.07, 6.45) is 2.31. The maximum absolute atomic E-state index is 12.0. The molecule has 0 spiro atoms. The molecule has 0 aliphatic carbocycles. The number of hydrogen-bond donors (Lipinski definition) is 5. The van der Waals surface area contributed by atoms with Crippen molar-refractivity contribution in [3.05, 3.63) is 71.9 Å². The van der Waals surface area contributed by atoms with E-state index in [1.54, 1.807) is 24.3 Å². The van der Waals surface area contributed by atoms with Crippen LogP contribution in [0, 0.1) is 0 Å². The first-order valence-corrected chi connectivity index (χ1v) is 8.58. The van der Waals surface area contributed by atoms with Gasteiger partial charge in [0.2, 0.25) is 0 Å². The van der Waals surface area contributed by atoms with E-state index in [9.17, 15) is 14.1 Å². The van der Waals surface area contributed by atoms with Crippen molar-refractivity contribution in [2.24, 2.45) is 5.73 Å².